The van der Waals surface area contributed by atoms with E-state index in [1.807, 2.05) is 6.92 Å². The monoisotopic (exact) mass is 394 g/mol. The van der Waals surface area contributed by atoms with E-state index in [2.05, 4.69) is 5.32 Å². The van der Waals surface area contributed by atoms with E-state index in [0.29, 0.717) is 22.6 Å². The molecule has 0 fully saturated rings. The van der Waals surface area contributed by atoms with Crippen LogP contribution in [0.25, 0.3) is 11.0 Å². The summed E-state index contributed by atoms with van der Waals surface area (Å²) in [5.41, 5.74) is 1.86. The van der Waals surface area contributed by atoms with Gasteiger partial charge in [0.1, 0.15) is 11.3 Å². The molecule has 2 aromatic carbocycles. The Labute approximate surface area is 167 Å². The summed E-state index contributed by atoms with van der Waals surface area (Å²) in [4.78, 5) is 37.4. The van der Waals surface area contributed by atoms with Crippen LogP contribution in [0.4, 0.5) is 5.69 Å². The number of nitrogens with zero attached hydrogens (tertiary/aromatic N) is 1. The maximum absolute atomic E-state index is 12.5. The molecule has 0 bridgehead atoms. The average molecular weight is 394 g/mol. The van der Waals surface area contributed by atoms with Crippen LogP contribution < -0.4 is 15.7 Å². The number of hydrogen-bond donors (Lipinski definition) is 1. The van der Waals surface area contributed by atoms with Gasteiger partial charge in [-0.1, -0.05) is 0 Å². The number of hydrogen-bond acceptors (Lipinski definition) is 5. The molecule has 0 aliphatic heterocycles. The van der Waals surface area contributed by atoms with Crippen molar-refractivity contribution in [1.29, 1.82) is 0 Å². The lowest BCUT2D eigenvalue weighted by Crippen LogP contribution is -2.30. The Hall–Kier alpha value is -3.61. The summed E-state index contributed by atoms with van der Waals surface area (Å²) in [6.45, 7) is 3.44. The number of aryl methyl sites for hydroxylation is 1. The van der Waals surface area contributed by atoms with Crippen molar-refractivity contribution in [2.45, 2.75) is 20.0 Å². The van der Waals surface area contributed by atoms with Crippen LogP contribution in [0.5, 0.6) is 5.75 Å². The van der Waals surface area contributed by atoms with Crippen molar-refractivity contribution < 1.29 is 18.7 Å². The molecule has 0 radical (unpaired) electrons. The van der Waals surface area contributed by atoms with Crippen LogP contribution >= 0.6 is 0 Å². The third-order valence-electron chi connectivity index (χ3n) is 4.41. The topological polar surface area (TPSA) is 88.9 Å². The summed E-state index contributed by atoms with van der Waals surface area (Å²) in [5, 5.41) is 3.57. The van der Waals surface area contributed by atoms with Gasteiger partial charge in [0.05, 0.1) is 0 Å². The van der Waals surface area contributed by atoms with Crippen LogP contribution in [0.1, 0.15) is 22.8 Å². The van der Waals surface area contributed by atoms with E-state index in [1.54, 1.807) is 63.5 Å². The van der Waals surface area contributed by atoms with Gasteiger partial charge in [0.15, 0.2) is 6.10 Å². The van der Waals surface area contributed by atoms with Gasteiger partial charge in [0, 0.05) is 42.9 Å². The van der Waals surface area contributed by atoms with E-state index < -0.39 is 11.7 Å². The Morgan fingerprint density at radius 2 is 1.79 bits per heavy atom. The number of carbonyl (C=O) groups excluding carboxylic acids is 2. The second-order valence-corrected chi connectivity index (χ2v) is 6.93. The largest absolute Gasteiger partial charge is 0.481 e. The summed E-state index contributed by atoms with van der Waals surface area (Å²) < 4.78 is 10.8. The highest BCUT2D eigenvalue weighted by atomic mass is 16.5. The molecule has 7 nitrogen and oxygen atoms in total. The van der Waals surface area contributed by atoms with Gasteiger partial charge in [-0.05, 0) is 55.8 Å². The van der Waals surface area contributed by atoms with E-state index in [1.165, 1.54) is 11.0 Å². The first-order valence-electron chi connectivity index (χ1n) is 9.08. The molecule has 0 aliphatic rings. The van der Waals surface area contributed by atoms with Crippen molar-refractivity contribution in [2.24, 2.45) is 0 Å². The summed E-state index contributed by atoms with van der Waals surface area (Å²) >= 11 is 0. The average Bonchev–Trinajstić information content (AvgIpc) is 2.68. The fourth-order valence-electron chi connectivity index (χ4n) is 2.80. The zero-order valence-corrected chi connectivity index (χ0v) is 16.7. The molecule has 1 N–H and O–H groups in total. The fourth-order valence-corrected chi connectivity index (χ4v) is 2.80. The number of fused-ring (bicyclic) bond motifs is 1. The number of ether oxygens (including phenoxy) is 1. The Bertz CT molecular complexity index is 1130. The number of amides is 2. The molecule has 3 aromatic rings. The Kier molecular flexibility index (Phi) is 5.68. The smallest absolute Gasteiger partial charge is 0.336 e. The molecule has 1 unspecified atom stereocenters. The fraction of sp³-hybridized carbons (Fsp3) is 0.227. The molecule has 0 saturated heterocycles. The standard InChI is InChI=1S/C22H22N2O5/c1-13-11-16(22(27)24(3)4)6-9-18(13)23-21(26)14(2)28-17-8-5-15-7-10-20(25)29-19(15)12-17/h5-12,14H,1-4H3,(H,23,26). The minimum Gasteiger partial charge on any atom is -0.481 e. The third kappa shape index (κ3) is 4.63. The lowest BCUT2D eigenvalue weighted by molar-refractivity contribution is -0.122. The third-order valence-corrected chi connectivity index (χ3v) is 4.41. The molecule has 2 amide bonds. The van der Waals surface area contributed by atoms with Crippen LogP contribution in [0.2, 0.25) is 0 Å². The SMILES string of the molecule is Cc1cc(C(=O)N(C)C)ccc1NC(=O)C(C)Oc1ccc2ccc(=O)oc2c1. The molecule has 3 rings (SSSR count). The highest BCUT2D eigenvalue weighted by molar-refractivity contribution is 5.97. The van der Waals surface area contributed by atoms with Crippen LogP contribution in [0, 0.1) is 6.92 Å². The molecule has 1 atom stereocenters. The Balaban J connectivity index is 1.71. The van der Waals surface area contributed by atoms with Crippen molar-refractivity contribution >= 4 is 28.5 Å². The minimum absolute atomic E-state index is 0.106. The highest BCUT2D eigenvalue weighted by Gasteiger charge is 2.17. The number of nitrogens with one attached hydrogen (secondary N) is 1. The van der Waals surface area contributed by atoms with Crippen LogP contribution in [-0.2, 0) is 4.79 Å². The normalized spacial score (nSPS) is 11.7. The van der Waals surface area contributed by atoms with Gasteiger partial charge in [-0.15, -0.1) is 0 Å². The molecule has 0 aliphatic carbocycles. The number of rotatable bonds is 5. The molecular formula is C22H22N2O5. The van der Waals surface area contributed by atoms with Crippen LogP contribution in [0.15, 0.2) is 57.7 Å². The lowest BCUT2D eigenvalue weighted by atomic mass is 10.1. The zero-order valence-electron chi connectivity index (χ0n) is 16.7. The lowest BCUT2D eigenvalue weighted by Gasteiger charge is -2.17. The molecule has 1 heterocycles. The van der Waals surface area contributed by atoms with E-state index in [9.17, 15) is 14.4 Å². The predicted molar refractivity (Wildman–Crippen MR) is 110 cm³/mol. The first kappa shape index (κ1) is 20.1. The van der Waals surface area contributed by atoms with E-state index in [4.69, 9.17) is 9.15 Å². The van der Waals surface area contributed by atoms with Crippen molar-refractivity contribution in [3.05, 3.63) is 70.1 Å². The Morgan fingerprint density at radius 3 is 2.48 bits per heavy atom. The first-order valence-corrected chi connectivity index (χ1v) is 9.08. The van der Waals surface area contributed by atoms with Gasteiger partial charge in [-0.25, -0.2) is 4.79 Å². The summed E-state index contributed by atoms with van der Waals surface area (Å²) in [7, 11) is 3.37. The molecule has 0 spiro atoms. The first-order chi connectivity index (χ1) is 13.7. The van der Waals surface area contributed by atoms with Gasteiger partial charge in [0.25, 0.3) is 11.8 Å². The van der Waals surface area contributed by atoms with Crippen molar-refractivity contribution in [2.75, 3.05) is 19.4 Å². The minimum atomic E-state index is -0.787. The molecule has 29 heavy (non-hydrogen) atoms. The summed E-state index contributed by atoms with van der Waals surface area (Å²) in [6, 6.07) is 13.1. The van der Waals surface area contributed by atoms with Crippen LogP contribution in [-0.4, -0.2) is 36.9 Å². The number of benzene rings is 2. The summed E-state index contributed by atoms with van der Waals surface area (Å²) in [6.07, 6.45) is -0.787. The van der Waals surface area contributed by atoms with Crippen LogP contribution in [0.3, 0.4) is 0 Å². The van der Waals surface area contributed by atoms with E-state index in [-0.39, 0.29) is 11.8 Å². The maximum atomic E-state index is 12.5. The zero-order chi connectivity index (χ0) is 21.1. The molecule has 1 aromatic heterocycles. The summed E-state index contributed by atoms with van der Waals surface area (Å²) in [5.74, 6) is -0.0295. The second kappa shape index (κ2) is 8.18. The van der Waals surface area contributed by atoms with Gasteiger partial charge >= 0.3 is 5.63 Å². The van der Waals surface area contributed by atoms with Gasteiger partial charge < -0.3 is 19.4 Å². The van der Waals surface area contributed by atoms with Crippen molar-refractivity contribution in [3.63, 3.8) is 0 Å². The number of carbonyl (C=O) groups is 2. The molecule has 150 valence electrons. The van der Waals surface area contributed by atoms with Crippen molar-refractivity contribution in [1.82, 2.24) is 4.90 Å². The van der Waals surface area contributed by atoms with E-state index >= 15 is 0 Å². The molecule has 0 saturated carbocycles. The molecule has 7 heteroatoms. The molecular weight excluding hydrogens is 372 g/mol. The Morgan fingerprint density at radius 1 is 1.07 bits per heavy atom. The number of anilines is 1. The maximum Gasteiger partial charge on any atom is 0.336 e. The quantitative estimate of drug-likeness (QED) is 0.671. The predicted octanol–water partition coefficient (Wildman–Crippen LogP) is 3.21. The van der Waals surface area contributed by atoms with E-state index in [0.717, 1.165) is 10.9 Å². The highest BCUT2D eigenvalue weighted by Crippen LogP contribution is 2.22. The van der Waals surface area contributed by atoms with Gasteiger partial charge in [-0.3, -0.25) is 9.59 Å². The second-order valence-electron chi connectivity index (χ2n) is 6.93. The van der Waals surface area contributed by atoms with Gasteiger partial charge in [-0.2, -0.15) is 0 Å². The van der Waals surface area contributed by atoms with Crippen molar-refractivity contribution in [3.8, 4) is 5.75 Å². The van der Waals surface area contributed by atoms with Gasteiger partial charge in [0.2, 0.25) is 0 Å².